The summed E-state index contributed by atoms with van der Waals surface area (Å²) in [6.45, 7) is 7.71. The van der Waals surface area contributed by atoms with Crippen LogP contribution in [0, 0.1) is 69.9 Å². The quantitative estimate of drug-likeness (QED) is 0.0977. The summed E-state index contributed by atoms with van der Waals surface area (Å²) >= 11 is 13.6. The molecule has 0 heterocycles. The minimum absolute atomic E-state index is 0.0523. The zero-order valence-electron chi connectivity index (χ0n) is 33.6. The Morgan fingerprint density at radius 2 is 0.985 bits per heavy atom. The van der Waals surface area contributed by atoms with Gasteiger partial charge in [-0.3, -0.25) is 0 Å². The Labute approximate surface area is 400 Å². The zero-order valence-corrected chi connectivity index (χ0v) is 40.9. The Balaban J connectivity index is 0.000000274. The summed E-state index contributed by atoms with van der Waals surface area (Å²) in [5.41, 5.74) is -2.03. The monoisotopic (exact) mass is 1140 g/mol. The van der Waals surface area contributed by atoms with Crippen molar-refractivity contribution in [2.75, 3.05) is 0 Å². The molecule has 0 bridgehead atoms. The van der Waals surface area contributed by atoms with Crippen LogP contribution >= 0.6 is 31.9 Å². The van der Waals surface area contributed by atoms with E-state index in [1.165, 1.54) is 50.9 Å². The minimum Gasteiger partial charge on any atom is -0.508 e. The maximum Gasteiger partial charge on any atom is 0.332 e. The molecule has 1 N–H and O–H groups in total. The van der Waals surface area contributed by atoms with E-state index in [-0.39, 0.29) is 44.3 Å². The number of phenols is 1. The number of phenolic OH excluding ortho intramolecular Hbond substituents is 1. The molecule has 0 atom stereocenters. The highest BCUT2D eigenvalue weighted by molar-refractivity contribution is 9.10. The lowest BCUT2D eigenvalue weighted by Gasteiger charge is -2.14. The molecule has 6 aromatic carbocycles. The lowest BCUT2D eigenvalue weighted by Crippen LogP contribution is -2.10. The molecule has 1 nitrogen and oxygen atoms in total. The summed E-state index contributed by atoms with van der Waals surface area (Å²) in [5.74, 6) is -12.7. The maximum atomic E-state index is 14.7. The molecule has 6 rings (SSSR count). The van der Waals surface area contributed by atoms with Crippen molar-refractivity contribution in [2.45, 2.75) is 44.9 Å². The first-order valence-electron chi connectivity index (χ1n) is 18.2. The lowest BCUT2D eigenvalue weighted by molar-refractivity contribution is 0.105. The Morgan fingerprint density at radius 1 is 0.554 bits per heavy atom. The van der Waals surface area contributed by atoms with Gasteiger partial charge >= 0.3 is 4.83 Å². The van der Waals surface area contributed by atoms with E-state index in [2.05, 4.69) is 38.3 Å². The minimum atomic E-state index is -4.00. The third kappa shape index (κ3) is 15.7. The summed E-state index contributed by atoms with van der Waals surface area (Å²) in [6, 6.07) is 14.0. The van der Waals surface area contributed by atoms with Gasteiger partial charge in [-0.25, -0.2) is 48.3 Å². The van der Waals surface area contributed by atoms with Crippen LogP contribution in [0.5, 0.6) is 5.75 Å². The first-order valence-corrected chi connectivity index (χ1v) is 25.1. The van der Waals surface area contributed by atoms with Crippen LogP contribution in [0.25, 0.3) is 33.4 Å². The fourth-order valence-electron chi connectivity index (χ4n) is 5.75. The molecule has 348 valence electrons. The molecule has 0 aliphatic carbocycles. The summed E-state index contributed by atoms with van der Waals surface area (Å²) in [5, 5.41) is 8.99. The second kappa shape index (κ2) is 24.9. The fraction of sp³-hybridized carbons (Fsp3) is 0.182. The van der Waals surface area contributed by atoms with Gasteiger partial charge in [0, 0.05) is 66.2 Å². The maximum absolute atomic E-state index is 14.7. The van der Waals surface area contributed by atoms with Gasteiger partial charge in [-0.05, 0) is 145 Å². The van der Waals surface area contributed by atoms with E-state index in [9.17, 15) is 57.1 Å². The Bertz CT molecular complexity index is 2700. The molecular weight excluding hydrogens is 1110 g/mol. The highest BCUT2D eigenvalue weighted by Crippen LogP contribution is 2.41. The summed E-state index contributed by atoms with van der Waals surface area (Å²) in [7, 11) is 3.95. The third-order valence-electron chi connectivity index (χ3n) is 8.62. The molecule has 0 aliphatic rings. The van der Waals surface area contributed by atoms with Crippen molar-refractivity contribution < 1.29 is 62.2 Å². The molecule has 0 fully saturated rings. The zero-order chi connectivity index (χ0) is 49.1. The highest BCUT2D eigenvalue weighted by atomic mass is 79.9. The van der Waals surface area contributed by atoms with E-state index >= 15 is 0 Å². The number of benzene rings is 6. The fourth-order valence-corrected chi connectivity index (χ4v) is 9.10. The predicted molar refractivity (Wildman–Crippen MR) is 247 cm³/mol. The van der Waals surface area contributed by atoms with E-state index in [4.69, 9.17) is 5.11 Å². The SMILES string of the molecule is CC(C)Cc1ccc(-c2cc(F)c(-c3cc(F)c(C(F)(F)Br)c(F)c3)c(F)c2)c(F)c1.CC(C)c1cc(F)c(Br)c(F)c1.Oc1ccc(-c2cc(F)c(F)c(F)c2)c(F)c1.S=S=S=S=S. The number of hydrogen-bond acceptors (Lipinski definition) is 3. The average Bonchev–Trinajstić information content (AvgIpc) is 3.18. The lowest BCUT2D eigenvalue weighted by atomic mass is 9.95. The van der Waals surface area contributed by atoms with Gasteiger partial charge in [-0.15, -0.1) is 0 Å². The van der Waals surface area contributed by atoms with Crippen LogP contribution in [0.3, 0.4) is 0 Å². The van der Waals surface area contributed by atoms with Gasteiger partial charge < -0.3 is 5.11 Å². The van der Waals surface area contributed by atoms with Crippen LogP contribution in [0.1, 0.15) is 50.3 Å². The number of halogens is 15. The smallest absolute Gasteiger partial charge is 0.332 e. The predicted octanol–water partition coefficient (Wildman–Crippen LogP) is 15.8. The van der Waals surface area contributed by atoms with Crippen molar-refractivity contribution in [3.63, 3.8) is 0 Å². The number of aromatic hydroxyl groups is 1. The van der Waals surface area contributed by atoms with E-state index in [0.717, 1.165) is 35.9 Å². The van der Waals surface area contributed by atoms with Gasteiger partial charge in [0.05, 0.1) is 10.0 Å². The van der Waals surface area contributed by atoms with Crippen LogP contribution in [-0.2, 0) is 60.3 Å². The first-order chi connectivity index (χ1) is 30.3. The van der Waals surface area contributed by atoms with E-state index in [0.29, 0.717) is 36.2 Å². The summed E-state index contributed by atoms with van der Waals surface area (Å²) in [6.07, 6.45) is 0.624. The molecule has 21 heteroatoms. The van der Waals surface area contributed by atoms with Gasteiger partial charge in [-0.1, -0.05) is 39.8 Å². The normalized spacial score (nSPS) is 10.9. The van der Waals surface area contributed by atoms with Gasteiger partial charge in [-0.2, -0.15) is 8.78 Å². The Morgan fingerprint density at radius 3 is 1.37 bits per heavy atom. The standard InChI is InChI=1S/C23H16BrF7.C12H6F4O.C9H9BrF2.S5/c1-11(2)5-12-3-4-15(16(25)6-12)13-7-17(26)21(18(27)8-13)14-9-19(28)22(20(29)10-14)23(24,30)31;13-9-5-7(17)1-2-8(9)6-3-10(14)12(16)11(15)4-6;1-5(2)6-3-7(11)9(10)8(12)4-6;1-3-5-4-2/h3-4,6-11H,5H2,1-2H3;1-5,17H;3-5H,1-2H3;. The molecule has 0 saturated carbocycles. The number of alkyl halides is 3. The van der Waals surface area contributed by atoms with Crippen molar-refractivity contribution in [1.29, 1.82) is 0 Å². The van der Waals surface area contributed by atoms with Crippen LogP contribution < -0.4 is 0 Å². The largest absolute Gasteiger partial charge is 0.508 e. The third-order valence-corrected chi connectivity index (χ3v) is 14.2. The number of rotatable bonds is 7. The van der Waals surface area contributed by atoms with Crippen LogP contribution in [0.2, 0.25) is 0 Å². The molecular formula is C44H31Br2F13OS5. The van der Waals surface area contributed by atoms with E-state index in [1.54, 1.807) is 6.07 Å². The second-order valence-corrected chi connectivity index (χ2v) is 21.2. The number of hydrogen-bond donors (Lipinski definition) is 1. The molecule has 0 aliphatic heterocycles. The van der Waals surface area contributed by atoms with Gasteiger partial charge in [0.1, 0.15) is 57.9 Å². The molecule has 0 unspecified atom stereocenters. The van der Waals surface area contributed by atoms with Gasteiger partial charge in [0.2, 0.25) is 0 Å². The van der Waals surface area contributed by atoms with Crippen LogP contribution in [0.4, 0.5) is 57.1 Å². The van der Waals surface area contributed by atoms with E-state index < -0.39 is 85.5 Å². The van der Waals surface area contributed by atoms with Crippen molar-refractivity contribution in [1.82, 2.24) is 0 Å². The molecule has 0 aromatic heterocycles. The molecule has 0 spiro atoms. The molecule has 0 amide bonds. The first kappa shape index (κ1) is 55.6. The Kier molecular flexibility index (Phi) is 21.3. The average molecular weight is 1140 g/mol. The molecule has 6 aromatic rings. The van der Waals surface area contributed by atoms with Crippen molar-refractivity contribution in [3.05, 3.63) is 170 Å². The molecule has 65 heavy (non-hydrogen) atoms. The van der Waals surface area contributed by atoms with Crippen LogP contribution in [0.15, 0.2) is 89.4 Å². The van der Waals surface area contributed by atoms with Gasteiger partial charge in [0.15, 0.2) is 17.5 Å². The van der Waals surface area contributed by atoms with Crippen molar-refractivity contribution >= 4 is 80.9 Å². The summed E-state index contributed by atoms with van der Waals surface area (Å²) < 4.78 is 176. The second-order valence-electron chi connectivity index (χ2n) is 14.1. The van der Waals surface area contributed by atoms with E-state index in [1.807, 2.05) is 43.6 Å². The molecule has 0 saturated heterocycles. The topological polar surface area (TPSA) is 20.2 Å². The summed E-state index contributed by atoms with van der Waals surface area (Å²) in [4.78, 5) is -4.00. The Hall–Kier alpha value is -3.73. The van der Waals surface area contributed by atoms with Crippen molar-refractivity contribution in [2.24, 2.45) is 5.92 Å². The van der Waals surface area contributed by atoms with Crippen LogP contribution in [-0.4, -0.2) is 5.11 Å². The van der Waals surface area contributed by atoms with Crippen molar-refractivity contribution in [3.8, 4) is 39.1 Å². The highest BCUT2D eigenvalue weighted by Gasteiger charge is 2.35. The van der Waals surface area contributed by atoms with Gasteiger partial charge in [0.25, 0.3) is 0 Å². The molecule has 0 radical (unpaired) electrons.